The molecule has 118 valence electrons. The Labute approximate surface area is 134 Å². The number of fused-ring (bicyclic) bond motifs is 1. The molecule has 3 aromatic rings. The van der Waals surface area contributed by atoms with E-state index in [1.165, 1.54) is 18.4 Å². The molecule has 23 heavy (non-hydrogen) atoms. The van der Waals surface area contributed by atoms with Crippen molar-refractivity contribution < 1.29 is 0 Å². The van der Waals surface area contributed by atoms with E-state index in [0.29, 0.717) is 18.2 Å². The molecule has 3 heterocycles. The first-order valence-corrected chi connectivity index (χ1v) is 8.16. The number of likely N-dealkylation sites (tertiary alicyclic amines) is 1. The highest BCUT2D eigenvalue weighted by molar-refractivity contribution is 5.35. The Hall–Kier alpha value is -2.40. The molecule has 2 aromatic heterocycles. The second kappa shape index (κ2) is 6.01. The smallest absolute Gasteiger partial charge is 0.294 e. The number of pyridine rings is 1. The lowest BCUT2D eigenvalue weighted by atomic mass is 10.0. The summed E-state index contributed by atoms with van der Waals surface area (Å²) in [5, 5.41) is 4.41. The van der Waals surface area contributed by atoms with Gasteiger partial charge in [0.15, 0.2) is 5.65 Å². The van der Waals surface area contributed by atoms with Gasteiger partial charge in [-0.05, 0) is 37.1 Å². The van der Waals surface area contributed by atoms with Crippen molar-refractivity contribution in [2.45, 2.75) is 25.4 Å². The van der Waals surface area contributed by atoms with Crippen molar-refractivity contribution in [3.8, 4) is 0 Å². The standard InChI is InChI=1S/C18H20N4O/c23-18-21-12-5-4-10-17(21)19-22(18)14-13-20-11-6-9-16(20)15-7-2-1-3-8-15/h1-5,7-8,10,12,16H,6,9,11,13-14H2/t16-/m0/s1. The van der Waals surface area contributed by atoms with Gasteiger partial charge in [-0.15, -0.1) is 5.10 Å². The minimum absolute atomic E-state index is 0.0592. The molecule has 5 heteroatoms. The molecule has 4 rings (SSSR count). The second-order valence-electron chi connectivity index (χ2n) is 6.04. The van der Waals surface area contributed by atoms with Crippen molar-refractivity contribution in [2.75, 3.05) is 13.1 Å². The van der Waals surface area contributed by atoms with Crippen LogP contribution in [0.25, 0.3) is 5.65 Å². The van der Waals surface area contributed by atoms with Gasteiger partial charge in [-0.1, -0.05) is 36.4 Å². The number of nitrogens with zero attached hydrogens (tertiary/aromatic N) is 4. The van der Waals surface area contributed by atoms with Crippen LogP contribution >= 0.6 is 0 Å². The van der Waals surface area contributed by atoms with Crippen molar-refractivity contribution in [1.29, 1.82) is 0 Å². The van der Waals surface area contributed by atoms with Gasteiger partial charge in [-0.3, -0.25) is 9.30 Å². The fourth-order valence-corrected chi connectivity index (χ4v) is 3.48. The number of benzene rings is 1. The Bertz CT molecular complexity index is 852. The Balaban J connectivity index is 1.51. The van der Waals surface area contributed by atoms with Crippen molar-refractivity contribution in [1.82, 2.24) is 19.1 Å². The van der Waals surface area contributed by atoms with Crippen molar-refractivity contribution >= 4 is 5.65 Å². The maximum Gasteiger partial charge on any atom is 0.350 e. The van der Waals surface area contributed by atoms with Crippen LogP contribution in [-0.4, -0.2) is 32.2 Å². The first-order valence-electron chi connectivity index (χ1n) is 8.16. The SMILES string of the molecule is O=c1n(CCN2CCC[C@H]2c2ccccc2)nc2ccccn12. The van der Waals surface area contributed by atoms with Gasteiger partial charge in [-0.2, -0.15) is 0 Å². The molecule has 0 spiro atoms. The quantitative estimate of drug-likeness (QED) is 0.743. The molecule has 1 atom stereocenters. The second-order valence-corrected chi connectivity index (χ2v) is 6.04. The summed E-state index contributed by atoms with van der Waals surface area (Å²) in [7, 11) is 0. The Morgan fingerprint density at radius 2 is 1.87 bits per heavy atom. The molecule has 0 bridgehead atoms. The topological polar surface area (TPSA) is 42.5 Å². The van der Waals surface area contributed by atoms with E-state index in [1.807, 2.05) is 18.2 Å². The third-order valence-electron chi connectivity index (χ3n) is 4.64. The highest BCUT2D eigenvalue weighted by atomic mass is 16.2. The third-order valence-corrected chi connectivity index (χ3v) is 4.64. The number of hydrogen-bond donors (Lipinski definition) is 0. The van der Waals surface area contributed by atoms with E-state index in [1.54, 1.807) is 15.3 Å². The molecule has 1 aliphatic rings. The number of aromatic nitrogens is 3. The van der Waals surface area contributed by atoms with Gasteiger partial charge in [0.1, 0.15) is 0 Å². The lowest BCUT2D eigenvalue weighted by molar-refractivity contribution is 0.241. The lowest BCUT2D eigenvalue weighted by Crippen LogP contribution is -2.31. The highest BCUT2D eigenvalue weighted by Gasteiger charge is 2.25. The average molecular weight is 308 g/mol. The molecule has 0 saturated carbocycles. The fraction of sp³-hybridized carbons (Fsp3) is 0.333. The molecule has 0 amide bonds. The first kappa shape index (κ1) is 14.2. The average Bonchev–Trinajstić information content (AvgIpc) is 3.19. The summed E-state index contributed by atoms with van der Waals surface area (Å²) in [6.45, 7) is 2.56. The van der Waals surface area contributed by atoms with Crippen LogP contribution in [0.2, 0.25) is 0 Å². The Kier molecular flexibility index (Phi) is 3.71. The van der Waals surface area contributed by atoms with Crippen LogP contribution in [0.4, 0.5) is 0 Å². The van der Waals surface area contributed by atoms with E-state index >= 15 is 0 Å². The zero-order valence-corrected chi connectivity index (χ0v) is 13.0. The van der Waals surface area contributed by atoms with Gasteiger partial charge in [-0.25, -0.2) is 9.48 Å². The van der Waals surface area contributed by atoms with Gasteiger partial charge in [0.25, 0.3) is 0 Å². The molecule has 0 N–H and O–H groups in total. The summed E-state index contributed by atoms with van der Waals surface area (Å²) in [4.78, 5) is 14.8. The molecule has 5 nitrogen and oxygen atoms in total. The molecule has 0 aliphatic carbocycles. The molecule has 0 unspecified atom stereocenters. The molecule has 1 fully saturated rings. The van der Waals surface area contributed by atoms with E-state index < -0.39 is 0 Å². The lowest BCUT2D eigenvalue weighted by Gasteiger charge is -2.24. The minimum Gasteiger partial charge on any atom is -0.294 e. The summed E-state index contributed by atoms with van der Waals surface area (Å²) in [6.07, 6.45) is 4.16. The van der Waals surface area contributed by atoms with Crippen LogP contribution in [0.3, 0.4) is 0 Å². The Morgan fingerprint density at radius 3 is 2.70 bits per heavy atom. The van der Waals surface area contributed by atoms with Crippen LogP contribution in [-0.2, 0) is 6.54 Å². The summed E-state index contributed by atoms with van der Waals surface area (Å²) in [6, 6.07) is 16.7. The molecule has 0 radical (unpaired) electrons. The summed E-state index contributed by atoms with van der Waals surface area (Å²) in [5.74, 6) is 0. The molecular weight excluding hydrogens is 288 g/mol. The van der Waals surface area contributed by atoms with E-state index in [9.17, 15) is 4.79 Å². The molecule has 1 aromatic carbocycles. The zero-order chi connectivity index (χ0) is 15.6. The predicted octanol–water partition coefficient (Wildman–Crippen LogP) is 2.33. The van der Waals surface area contributed by atoms with Gasteiger partial charge < -0.3 is 0 Å². The Morgan fingerprint density at radius 1 is 1.04 bits per heavy atom. The van der Waals surface area contributed by atoms with Crippen molar-refractivity contribution in [2.24, 2.45) is 0 Å². The first-order chi connectivity index (χ1) is 11.3. The van der Waals surface area contributed by atoms with Crippen LogP contribution in [0.15, 0.2) is 59.5 Å². The highest BCUT2D eigenvalue weighted by Crippen LogP contribution is 2.31. The molecular formula is C18H20N4O. The zero-order valence-electron chi connectivity index (χ0n) is 13.0. The predicted molar refractivity (Wildman–Crippen MR) is 89.4 cm³/mol. The molecule has 1 aliphatic heterocycles. The maximum atomic E-state index is 12.3. The fourth-order valence-electron chi connectivity index (χ4n) is 3.48. The van der Waals surface area contributed by atoms with E-state index in [0.717, 1.165) is 13.1 Å². The van der Waals surface area contributed by atoms with Gasteiger partial charge in [0, 0.05) is 18.8 Å². The minimum atomic E-state index is -0.0592. The summed E-state index contributed by atoms with van der Waals surface area (Å²) < 4.78 is 3.17. The van der Waals surface area contributed by atoms with Crippen molar-refractivity contribution in [3.63, 3.8) is 0 Å². The van der Waals surface area contributed by atoms with E-state index in [2.05, 4.69) is 40.3 Å². The van der Waals surface area contributed by atoms with Gasteiger partial charge in [0.05, 0.1) is 6.54 Å². The summed E-state index contributed by atoms with van der Waals surface area (Å²) >= 11 is 0. The molecule has 1 saturated heterocycles. The third kappa shape index (κ3) is 2.68. The largest absolute Gasteiger partial charge is 0.350 e. The van der Waals surface area contributed by atoms with Crippen molar-refractivity contribution in [3.05, 3.63) is 70.8 Å². The van der Waals surface area contributed by atoms with E-state index in [-0.39, 0.29) is 5.69 Å². The van der Waals surface area contributed by atoms with Gasteiger partial charge >= 0.3 is 5.69 Å². The van der Waals surface area contributed by atoms with Crippen LogP contribution in [0, 0.1) is 0 Å². The van der Waals surface area contributed by atoms with Gasteiger partial charge in [0.2, 0.25) is 0 Å². The number of hydrogen-bond acceptors (Lipinski definition) is 3. The van der Waals surface area contributed by atoms with Crippen LogP contribution in [0.1, 0.15) is 24.4 Å². The van der Waals surface area contributed by atoms with Crippen LogP contribution in [0.5, 0.6) is 0 Å². The maximum absolute atomic E-state index is 12.3. The van der Waals surface area contributed by atoms with E-state index in [4.69, 9.17) is 0 Å². The summed E-state index contributed by atoms with van der Waals surface area (Å²) in [5.41, 5.74) is 2.02. The van der Waals surface area contributed by atoms with Crippen LogP contribution < -0.4 is 5.69 Å². The monoisotopic (exact) mass is 308 g/mol. The number of rotatable bonds is 4. The normalized spacial score (nSPS) is 18.7.